The quantitative estimate of drug-likeness (QED) is 0.823. The van der Waals surface area contributed by atoms with Crippen molar-refractivity contribution in [1.82, 2.24) is 0 Å². The summed E-state index contributed by atoms with van der Waals surface area (Å²) in [4.78, 5) is 4.55. The topological polar surface area (TPSA) is 48.4 Å². The SMILES string of the molecule is NOCc1coc2cc(Br)ccc12. The maximum atomic E-state index is 5.32. The monoisotopic (exact) mass is 241 g/mol. The van der Waals surface area contributed by atoms with E-state index >= 15 is 0 Å². The molecular formula is C9H8BrNO2. The lowest BCUT2D eigenvalue weighted by Crippen LogP contribution is -1.97. The van der Waals surface area contributed by atoms with Crippen molar-refractivity contribution in [2.75, 3.05) is 0 Å². The van der Waals surface area contributed by atoms with Crippen molar-refractivity contribution < 1.29 is 9.25 Å². The third-order valence-corrected chi connectivity index (χ3v) is 2.35. The largest absolute Gasteiger partial charge is 0.464 e. The number of halogens is 1. The molecule has 0 spiro atoms. The highest BCUT2D eigenvalue weighted by atomic mass is 79.9. The Morgan fingerprint density at radius 1 is 1.46 bits per heavy atom. The summed E-state index contributed by atoms with van der Waals surface area (Å²) < 4.78 is 6.31. The van der Waals surface area contributed by atoms with Crippen molar-refractivity contribution >= 4 is 26.9 Å². The first-order valence-corrected chi connectivity index (χ1v) is 4.58. The predicted molar refractivity (Wildman–Crippen MR) is 52.9 cm³/mol. The van der Waals surface area contributed by atoms with Gasteiger partial charge in [0.15, 0.2) is 0 Å². The standard InChI is InChI=1S/C9H8BrNO2/c10-7-1-2-8-6(5-13-11)4-12-9(8)3-7/h1-4H,5,11H2. The van der Waals surface area contributed by atoms with Crippen LogP contribution in [0, 0.1) is 0 Å². The Bertz CT molecular complexity index is 424. The lowest BCUT2D eigenvalue weighted by atomic mass is 10.2. The molecule has 0 radical (unpaired) electrons. The molecule has 0 saturated heterocycles. The van der Waals surface area contributed by atoms with Gasteiger partial charge in [0.2, 0.25) is 0 Å². The Kier molecular flexibility index (Phi) is 2.35. The van der Waals surface area contributed by atoms with Gasteiger partial charge in [-0.25, -0.2) is 5.90 Å². The maximum Gasteiger partial charge on any atom is 0.135 e. The van der Waals surface area contributed by atoms with Crippen LogP contribution in [0.25, 0.3) is 11.0 Å². The van der Waals surface area contributed by atoms with E-state index in [1.54, 1.807) is 6.26 Å². The smallest absolute Gasteiger partial charge is 0.135 e. The molecular weight excluding hydrogens is 234 g/mol. The summed E-state index contributed by atoms with van der Waals surface area (Å²) in [5, 5.41) is 1.04. The molecule has 13 heavy (non-hydrogen) atoms. The molecule has 0 aliphatic rings. The van der Waals surface area contributed by atoms with Crippen molar-refractivity contribution in [1.29, 1.82) is 0 Å². The highest BCUT2D eigenvalue weighted by molar-refractivity contribution is 9.10. The minimum Gasteiger partial charge on any atom is -0.464 e. The van der Waals surface area contributed by atoms with Crippen molar-refractivity contribution in [3.05, 3.63) is 34.5 Å². The molecule has 0 atom stereocenters. The molecule has 2 rings (SSSR count). The maximum absolute atomic E-state index is 5.32. The average Bonchev–Trinajstić information content (AvgIpc) is 2.49. The summed E-state index contributed by atoms with van der Waals surface area (Å²) >= 11 is 3.36. The molecule has 0 aliphatic carbocycles. The summed E-state index contributed by atoms with van der Waals surface area (Å²) in [7, 11) is 0. The molecule has 0 bridgehead atoms. The van der Waals surface area contributed by atoms with Crippen LogP contribution in [-0.2, 0) is 11.4 Å². The second kappa shape index (κ2) is 3.49. The zero-order valence-electron chi connectivity index (χ0n) is 6.79. The van der Waals surface area contributed by atoms with Crippen molar-refractivity contribution in [3.8, 4) is 0 Å². The number of rotatable bonds is 2. The normalized spacial score (nSPS) is 10.9. The lowest BCUT2D eigenvalue weighted by molar-refractivity contribution is 0.124. The van der Waals surface area contributed by atoms with Crippen molar-refractivity contribution in [2.24, 2.45) is 5.90 Å². The van der Waals surface area contributed by atoms with Crippen molar-refractivity contribution in [2.45, 2.75) is 6.61 Å². The van der Waals surface area contributed by atoms with E-state index in [0.29, 0.717) is 6.61 Å². The van der Waals surface area contributed by atoms with Gasteiger partial charge < -0.3 is 4.42 Å². The van der Waals surface area contributed by atoms with Gasteiger partial charge in [0.25, 0.3) is 0 Å². The fourth-order valence-electron chi connectivity index (χ4n) is 1.26. The average molecular weight is 242 g/mol. The first kappa shape index (κ1) is 8.74. The van der Waals surface area contributed by atoms with Crippen LogP contribution in [0.5, 0.6) is 0 Å². The highest BCUT2D eigenvalue weighted by Crippen LogP contribution is 2.24. The van der Waals surface area contributed by atoms with Crippen LogP contribution in [0.4, 0.5) is 0 Å². The molecule has 0 unspecified atom stereocenters. The Labute approximate surface area is 83.5 Å². The molecule has 1 aromatic heterocycles. The van der Waals surface area contributed by atoms with Gasteiger partial charge in [-0.3, -0.25) is 4.84 Å². The summed E-state index contributed by atoms with van der Waals surface area (Å²) in [5.74, 6) is 4.99. The van der Waals surface area contributed by atoms with Gasteiger partial charge in [-0.05, 0) is 18.2 Å². The molecule has 3 nitrogen and oxygen atoms in total. The van der Waals surface area contributed by atoms with Crippen LogP contribution in [0.15, 0.2) is 33.4 Å². The number of benzene rings is 1. The van der Waals surface area contributed by atoms with E-state index in [1.807, 2.05) is 18.2 Å². The van der Waals surface area contributed by atoms with Crippen LogP contribution in [-0.4, -0.2) is 0 Å². The van der Waals surface area contributed by atoms with Gasteiger partial charge >= 0.3 is 0 Å². The van der Waals surface area contributed by atoms with Crippen LogP contribution >= 0.6 is 15.9 Å². The van der Waals surface area contributed by atoms with Crippen LogP contribution in [0.2, 0.25) is 0 Å². The fraction of sp³-hybridized carbons (Fsp3) is 0.111. The van der Waals surface area contributed by atoms with Crippen LogP contribution in [0.1, 0.15) is 5.56 Å². The summed E-state index contributed by atoms with van der Waals surface area (Å²) in [6.45, 7) is 0.370. The molecule has 0 amide bonds. The van der Waals surface area contributed by atoms with Gasteiger partial charge in [-0.15, -0.1) is 0 Å². The summed E-state index contributed by atoms with van der Waals surface area (Å²) in [6, 6.07) is 5.84. The van der Waals surface area contributed by atoms with Gasteiger partial charge in [-0.2, -0.15) is 0 Å². The minimum atomic E-state index is 0.370. The molecule has 0 aliphatic heterocycles. The van der Waals surface area contributed by atoms with E-state index in [9.17, 15) is 0 Å². The summed E-state index contributed by atoms with van der Waals surface area (Å²) in [6.07, 6.45) is 1.66. The molecule has 2 aromatic rings. The third kappa shape index (κ3) is 1.60. The van der Waals surface area contributed by atoms with Gasteiger partial charge in [0, 0.05) is 15.4 Å². The van der Waals surface area contributed by atoms with Gasteiger partial charge in [0.05, 0.1) is 12.9 Å². The Morgan fingerprint density at radius 3 is 3.08 bits per heavy atom. The van der Waals surface area contributed by atoms with E-state index in [0.717, 1.165) is 21.0 Å². The van der Waals surface area contributed by atoms with E-state index in [4.69, 9.17) is 10.3 Å². The molecule has 0 saturated carbocycles. The van der Waals surface area contributed by atoms with Crippen molar-refractivity contribution in [3.63, 3.8) is 0 Å². The Balaban J connectivity index is 2.55. The molecule has 2 N–H and O–H groups in total. The third-order valence-electron chi connectivity index (χ3n) is 1.86. The van der Waals surface area contributed by atoms with Gasteiger partial charge in [-0.1, -0.05) is 15.9 Å². The first-order chi connectivity index (χ1) is 6.31. The highest BCUT2D eigenvalue weighted by Gasteiger charge is 2.05. The number of furan rings is 1. The van der Waals surface area contributed by atoms with Gasteiger partial charge in [0.1, 0.15) is 5.58 Å². The molecule has 4 heteroatoms. The van der Waals surface area contributed by atoms with E-state index in [1.165, 1.54) is 0 Å². The fourth-order valence-corrected chi connectivity index (χ4v) is 1.60. The summed E-state index contributed by atoms with van der Waals surface area (Å²) in [5.41, 5.74) is 1.80. The van der Waals surface area contributed by atoms with E-state index in [-0.39, 0.29) is 0 Å². The van der Waals surface area contributed by atoms with Crippen LogP contribution < -0.4 is 5.90 Å². The Hall–Kier alpha value is -0.840. The lowest BCUT2D eigenvalue weighted by Gasteiger charge is -1.94. The molecule has 1 heterocycles. The van der Waals surface area contributed by atoms with Crippen LogP contribution in [0.3, 0.4) is 0 Å². The second-order valence-electron chi connectivity index (χ2n) is 2.71. The number of hydrogen-bond acceptors (Lipinski definition) is 3. The molecule has 1 aromatic carbocycles. The molecule has 0 fully saturated rings. The molecule has 68 valence electrons. The minimum absolute atomic E-state index is 0.370. The Morgan fingerprint density at radius 2 is 2.31 bits per heavy atom. The number of hydrogen-bond donors (Lipinski definition) is 1. The first-order valence-electron chi connectivity index (χ1n) is 3.78. The predicted octanol–water partition coefficient (Wildman–Crippen LogP) is 2.59. The van der Waals surface area contributed by atoms with E-state index < -0.39 is 0 Å². The second-order valence-corrected chi connectivity index (χ2v) is 3.63. The zero-order chi connectivity index (χ0) is 9.26. The number of fused-ring (bicyclic) bond motifs is 1. The van der Waals surface area contributed by atoms with E-state index in [2.05, 4.69) is 20.8 Å². The number of nitrogens with two attached hydrogens (primary N) is 1. The zero-order valence-corrected chi connectivity index (χ0v) is 8.37.